The minimum atomic E-state index is -0.485. The monoisotopic (exact) mass is 404 g/mol. The highest BCUT2D eigenvalue weighted by molar-refractivity contribution is 6.42. The van der Waals surface area contributed by atoms with Gasteiger partial charge in [0.1, 0.15) is 6.04 Å². The summed E-state index contributed by atoms with van der Waals surface area (Å²) >= 11 is 12.0. The van der Waals surface area contributed by atoms with E-state index in [4.69, 9.17) is 23.2 Å². The molecular formula is C21H22Cl2N2O2. The minimum Gasteiger partial charge on any atom is -0.327 e. The van der Waals surface area contributed by atoms with Crippen molar-refractivity contribution < 1.29 is 9.59 Å². The van der Waals surface area contributed by atoms with E-state index in [0.29, 0.717) is 28.6 Å². The maximum atomic E-state index is 12.9. The second kappa shape index (κ2) is 8.77. The van der Waals surface area contributed by atoms with E-state index in [1.165, 1.54) is 0 Å². The molecule has 1 unspecified atom stereocenters. The highest BCUT2D eigenvalue weighted by atomic mass is 35.5. The molecule has 0 aromatic heterocycles. The summed E-state index contributed by atoms with van der Waals surface area (Å²) in [5, 5.41) is 3.74. The first-order valence-corrected chi connectivity index (χ1v) is 9.91. The number of aryl methyl sites for hydroxylation is 1. The number of nitrogens with one attached hydrogen (secondary N) is 1. The Morgan fingerprint density at radius 2 is 1.93 bits per heavy atom. The number of likely N-dealkylation sites (tertiary alicyclic amines) is 1. The minimum absolute atomic E-state index is 0.149. The molecule has 1 fully saturated rings. The summed E-state index contributed by atoms with van der Waals surface area (Å²) in [4.78, 5) is 27.4. The number of hydrogen-bond acceptors (Lipinski definition) is 2. The summed E-state index contributed by atoms with van der Waals surface area (Å²) in [5.74, 6) is -0.350. The van der Waals surface area contributed by atoms with Crippen LogP contribution >= 0.6 is 23.2 Å². The molecule has 3 rings (SSSR count). The number of halogens is 2. The first-order valence-electron chi connectivity index (χ1n) is 9.16. The lowest BCUT2D eigenvalue weighted by molar-refractivity contribution is -0.119. The molecule has 142 valence electrons. The molecule has 1 atom stereocenters. The standard InChI is InChI=1S/C21H22Cl2N2O2/c1-2-6-14-7-3-4-8-18(14)24-20(26)19-9-5-12-25(19)21(27)15-10-11-16(22)17(23)13-15/h3-4,7-8,10-11,13,19H,2,5-6,9,12H2,1H3,(H,24,26). The van der Waals surface area contributed by atoms with Crippen molar-refractivity contribution in [1.29, 1.82) is 0 Å². The van der Waals surface area contributed by atoms with Gasteiger partial charge in [0.15, 0.2) is 0 Å². The van der Waals surface area contributed by atoms with Crippen molar-refractivity contribution in [3.8, 4) is 0 Å². The predicted octanol–water partition coefficient (Wildman–Crippen LogP) is 5.19. The van der Waals surface area contributed by atoms with E-state index in [1.807, 2.05) is 24.3 Å². The van der Waals surface area contributed by atoms with Crippen LogP contribution in [0.25, 0.3) is 0 Å². The predicted molar refractivity (Wildman–Crippen MR) is 110 cm³/mol. The molecule has 1 aliphatic rings. The van der Waals surface area contributed by atoms with E-state index in [9.17, 15) is 9.59 Å². The van der Waals surface area contributed by atoms with Crippen molar-refractivity contribution in [3.05, 3.63) is 63.6 Å². The second-order valence-electron chi connectivity index (χ2n) is 6.68. The van der Waals surface area contributed by atoms with Crippen LogP contribution in [-0.2, 0) is 11.2 Å². The SMILES string of the molecule is CCCc1ccccc1NC(=O)C1CCCN1C(=O)c1ccc(Cl)c(Cl)c1. The molecule has 2 aromatic carbocycles. The number of para-hydroxylation sites is 1. The Hall–Kier alpha value is -2.04. The summed E-state index contributed by atoms with van der Waals surface area (Å²) < 4.78 is 0. The van der Waals surface area contributed by atoms with Gasteiger partial charge < -0.3 is 10.2 Å². The van der Waals surface area contributed by atoms with Gasteiger partial charge in [0.2, 0.25) is 5.91 Å². The van der Waals surface area contributed by atoms with Crippen molar-refractivity contribution in [2.75, 3.05) is 11.9 Å². The van der Waals surface area contributed by atoms with E-state index >= 15 is 0 Å². The van der Waals surface area contributed by atoms with E-state index in [1.54, 1.807) is 23.1 Å². The lowest BCUT2D eigenvalue weighted by atomic mass is 10.1. The van der Waals surface area contributed by atoms with Crippen LogP contribution < -0.4 is 5.32 Å². The van der Waals surface area contributed by atoms with Crippen LogP contribution in [0.5, 0.6) is 0 Å². The zero-order valence-corrected chi connectivity index (χ0v) is 16.7. The zero-order valence-electron chi connectivity index (χ0n) is 15.2. The number of amides is 2. The topological polar surface area (TPSA) is 49.4 Å². The number of benzene rings is 2. The molecule has 0 aliphatic carbocycles. The number of rotatable bonds is 5. The third-order valence-corrected chi connectivity index (χ3v) is 5.52. The summed E-state index contributed by atoms with van der Waals surface area (Å²) in [6.07, 6.45) is 3.34. The molecule has 1 N–H and O–H groups in total. The van der Waals surface area contributed by atoms with Gasteiger partial charge in [-0.2, -0.15) is 0 Å². The summed E-state index contributed by atoms with van der Waals surface area (Å²) in [6.45, 7) is 2.65. The van der Waals surface area contributed by atoms with Crippen LogP contribution in [-0.4, -0.2) is 29.3 Å². The van der Waals surface area contributed by atoms with Gasteiger partial charge in [-0.1, -0.05) is 54.7 Å². The van der Waals surface area contributed by atoms with Gasteiger partial charge in [0.25, 0.3) is 5.91 Å². The Morgan fingerprint density at radius 3 is 2.67 bits per heavy atom. The van der Waals surface area contributed by atoms with Crippen LogP contribution in [0.1, 0.15) is 42.1 Å². The lowest BCUT2D eigenvalue weighted by Gasteiger charge is -2.24. The van der Waals surface area contributed by atoms with Crippen molar-refractivity contribution >= 4 is 40.7 Å². The first-order chi connectivity index (χ1) is 13.0. The molecule has 2 amide bonds. The van der Waals surface area contributed by atoms with Gasteiger partial charge in [-0.15, -0.1) is 0 Å². The van der Waals surface area contributed by atoms with Crippen LogP contribution in [0.2, 0.25) is 10.0 Å². The second-order valence-corrected chi connectivity index (χ2v) is 7.50. The molecule has 0 bridgehead atoms. The lowest BCUT2D eigenvalue weighted by Crippen LogP contribution is -2.43. The van der Waals surface area contributed by atoms with Crippen LogP contribution in [0.4, 0.5) is 5.69 Å². The maximum absolute atomic E-state index is 12.9. The molecule has 1 heterocycles. The van der Waals surface area contributed by atoms with Gasteiger partial charge in [0.05, 0.1) is 10.0 Å². The van der Waals surface area contributed by atoms with E-state index in [0.717, 1.165) is 30.5 Å². The number of carbonyl (C=O) groups is 2. The molecule has 2 aromatic rings. The largest absolute Gasteiger partial charge is 0.327 e. The number of carbonyl (C=O) groups excluding carboxylic acids is 2. The fraction of sp³-hybridized carbons (Fsp3) is 0.333. The highest BCUT2D eigenvalue weighted by Gasteiger charge is 2.34. The molecule has 27 heavy (non-hydrogen) atoms. The van der Waals surface area contributed by atoms with Crippen LogP contribution in [0, 0.1) is 0 Å². The maximum Gasteiger partial charge on any atom is 0.254 e. The number of hydrogen-bond donors (Lipinski definition) is 1. The Kier molecular flexibility index (Phi) is 6.40. The molecular weight excluding hydrogens is 383 g/mol. The van der Waals surface area contributed by atoms with Gasteiger partial charge in [-0.3, -0.25) is 9.59 Å². The Balaban J connectivity index is 1.76. The van der Waals surface area contributed by atoms with Crippen molar-refractivity contribution in [3.63, 3.8) is 0 Å². The van der Waals surface area contributed by atoms with Crippen LogP contribution in [0.3, 0.4) is 0 Å². The average Bonchev–Trinajstić information content (AvgIpc) is 3.15. The normalized spacial score (nSPS) is 16.4. The van der Waals surface area contributed by atoms with E-state index in [2.05, 4.69) is 12.2 Å². The quantitative estimate of drug-likeness (QED) is 0.745. The third kappa shape index (κ3) is 4.45. The Bertz CT molecular complexity index is 854. The molecule has 0 spiro atoms. The number of anilines is 1. The van der Waals surface area contributed by atoms with Gasteiger partial charge in [-0.05, 0) is 49.1 Å². The smallest absolute Gasteiger partial charge is 0.254 e. The molecule has 0 radical (unpaired) electrons. The van der Waals surface area contributed by atoms with Gasteiger partial charge in [0, 0.05) is 17.8 Å². The zero-order chi connectivity index (χ0) is 19.4. The van der Waals surface area contributed by atoms with Gasteiger partial charge >= 0.3 is 0 Å². The fourth-order valence-corrected chi connectivity index (χ4v) is 3.72. The van der Waals surface area contributed by atoms with E-state index < -0.39 is 6.04 Å². The third-order valence-electron chi connectivity index (χ3n) is 4.78. The molecule has 1 aliphatic heterocycles. The summed E-state index contributed by atoms with van der Waals surface area (Å²) in [6, 6.07) is 12.1. The first kappa shape index (κ1) is 19.7. The average molecular weight is 405 g/mol. The van der Waals surface area contributed by atoms with Crippen molar-refractivity contribution in [2.45, 2.75) is 38.6 Å². The Morgan fingerprint density at radius 1 is 1.15 bits per heavy atom. The Labute approximate surface area is 169 Å². The molecule has 6 heteroatoms. The summed E-state index contributed by atoms with van der Waals surface area (Å²) in [7, 11) is 0. The fourth-order valence-electron chi connectivity index (χ4n) is 3.42. The number of nitrogens with zero attached hydrogens (tertiary/aromatic N) is 1. The van der Waals surface area contributed by atoms with Crippen molar-refractivity contribution in [1.82, 2.24) is 4.90 Å². The van der Waals surface area contributed by atoms with Crippen molar-refractivity contribution in [2.24, 2.45) is 0 Å². The van der Waals surface area contributed by atoms with E-state index in [-0.39, 0.29) is 11.8 Å². The molecule has 1 saturated heterocycles. The highest BCUT2D eigenvalue weighted by Crippen LogP contribution is 2.27. The molecule has 0 saturated carbocycles. The molecule has 4 nitrogen and oxygen atoms in total. The van der Waals surface area contributed by atoms with Gasteiger partial charge in [-0.25, -0.2) is 0 Å². The summed E-state index contributed by atoms with van der Waals surface area (Å²) in [5.41, 5.74) is 2.36. The van der Waals surface area contributed by atoms with Crippen LogP contribution in [0.15, 0.2) is 42.5 Å².